The Labute approximate surface area is 144 Å². The van der Waals surface area contributed by atoms with E-state index in [1.165, 1.54) is 12.2 Å². The Bertz CT molecular complexity index is 778. The molecule has 2 rings (SSSR count). The maximum atomic E-state index is 13.4. The molecular weight excluding hydrogens is 359 g/mol. The lowest BCUT2D eigenvalue weighted by molar-refractivity contribution is -0.173. The number of benzene rings is 1. The van der Waals surface area contributed by atoms with E-state index in [9.17, 15) is 26.7 Å². The molecule has 1 aromatic carbocycles. The lowest BCUT2D eigenvalue weighted by Gasteiger charge is -2.23. The van der Waals surface area contributed by atoms with Crippen molar-refractivity contribution in [2.24, 2.45) is 27.7 Å². The molecule has 1 aliphatic rings. The molecule has 26 heavy (non-hydrogen) atoms. The van der Waals surface area contributed by atoms with Crippen LogP contribution < -0.4 is 11.2 Å². The molecule has 0 heterocycles. The molecule has 10 heteroatoms. The second-order valence-electron chi connectivity index (χ2n) is 5.20. The Morgan fingerprint density at radius 2 is 1.77 bits per heavy atom. The summed E-state index contributed by atoms with van der Waals surface area (Å²) in [6, 6.07) is 3.13. The van der Waals surface area contributed by atoms with Gasteiger partial charge in [0.1, 0.15) is 11.5 Å². The van der Waals surface area contributed by atoms with Crippen LogP contribution in [0.25, 0.3) is 0 Å². The number of hydrogen-bond donors (Lipinski definition) is 2. The number of carbonyl (C=O) groups is 1. The van der Waals surface area contributed by atoms with Gasteiger partial charge in [-0.15, -0.1) is 0 Å². The van der Waals surface area contributed by atoms with Gasteiger partial charge in [-0.3, -0.25) is 10.2 Å². The number of amidine groups is 1. The van der Waals surface area contributed by atoms with Crippen molar-refractivity contribution in [2.75, 3.05) is 5.43 Å². The monoisotopic (exact) mass is 372 g/mol. The van der Waals surface area contributed by atoms with Gasteiger partial charge in [0.05, 0.1) is 18.1 Å². The summed E-state index contributed by atoms with van der Waals surface area (Å²) in [4.78, 5) is 15.3. The minimum Gasteiger partial charge on any atom is -0.382 e. The van der Waals surface area contributed by atoms with Crippen LogP contribution in [0.1, 0.15) is 0 Å². The highest BCUT2D eigenvalue weighted by Crippen LogP contribution is 2.36. The number of anilines is 1. The van der Waals surface area contributed by atoms with Gasteiger partial charge in [-0.05, 0) is 12.1 Å². The number of carbonyl (C=O) groups excluding carboxylic acids is 1. The number of halogens is 5. The minimum absolute atomic E-state index is 0.525. The normalized spacial score (nSPS) is 20.6. The fraction of sp³-hybridized carbons (Fsp3) is 0.188. The largest absolute Gasteiger partial charge is 0.396 e. The van der Waals surface area contributed by atoms with Crippen molar-refractivity contribution in [3.63, 3.8) is 0 Å². The first kappa shape index (κ1) is 19.3. The van der Waals surface area contributed by atoms with E-state index >= 15 is 0 Å². The van der Waals surface area contributed by atoms with Crippen LogP contribution in [0, 0.1) is 23.5 Å². The van der Waals surface area contributed by atoms with Gasteiger partial charge in [-0.1, -0.05) is 30.4 Å². The third kappa shape index (κ3) is 4.74. The van der Waals surface area contributed by atoms with Crippen molar-refractivity contribution in [2.45, 2.75) is 6.18 Å². The Morgan fingerprint density at radius 3 is 2.38 bits per heavy atom. The third-order valence-corrected chi connectivity index (χ3v) is 3.37. The average molecular weight is 372 g/mol. The molecule has 0 saturated carbocycles. The van der Waals surface area contributed by atoms with Crippen molar-refractivity contribution in [3.05, 3.63) is 54.1 Å². The SMILES string of the molecule is NC(/C=N\Nc1c(F)cccc1F)=NC(=O)C1C=CC=CC1C(F)(F)F. The van der Waals surface area contributed by atoms with Gasteiger partial charge in [0.25, 0.3) is 5.91 Å². The third-order valence-electron chi connectivity index (χ3n) is 3.37. The molecule has 0 saturated heterocycles. The van der Waals surface area contributed by atoms with E-state index in [0.717, 1.165) is 36.6 Å². The second kappa shape index (κ2) is 7.89. The topological polar surface area (TPSA) is 79.8 Å². The van der Waals surface area contributed by atoms with Gasteiger partial charge in [0, 0.05) is 0 Å². The number of nitrogens with zero attached hydrogens (tertiary/aromatic N) is 2. The fourth-order valence-electron chi connectivity index (χ4n) is 2.15. The van der Waals surface area contributed by atoms with Crippen molar-refractivity contribution >= 4 is 23.6 Å². The summed E-state index contributed by atoms with van der Waals surface area (Å²) < 4.78 is 65.5. The number of nitrogens with two attached hydrogens (primary N) is 1. The molecule has 5 nitrogen and oxygen atoms in total. The van der Waals surface area contributed by atoms with Gasteiger partial charge in [-0.25, -0.2) is 8.78 Å². The standard InChI is InChI=1S/C16H13F5N4O/c17-11-6-3-7-12(18)14(11)25-23-8-13(22)24-15(26)9-4-1-2-5-10(9)16(19,20)21/h1-10,25H,(H2,22,24,26)/b23-8-. The summed E-state index contributed by atoms with van der Waals surface area (Å²) in [5, 5.41) is 3.41. The molecule has 0 radical (unpaired) electrons. The highest BCUT2D eigenvalue weighted by Gasteiger charge is 2.45. The molecule has 1 amide bonds. The molecule has 0 aliphatic heterocycles. The highest BCUT2D eigenvalue weighted by atomic mass is 19.4. The number of hydrazone groups is 1. The Hall–Kier alpha value is -3.04. The molecule has 1 aliphatic carbocycles. The Morgan fingerprint density at radius 1 is 1.15 bits per heavy atom. The van der Waals surface area contributed by atoms with E-state index in [-0.39, 0.29) is 0 Å². The van der Waals surface area contributed by atoms with Crippen molar-refractivity contribution in [1.82, 2.24) is 0 Å². The van der Waals surface area contributed by atoms with Crippen molar-refractivity contribution in [3.8, 4) is 0 Å². The lowest BCUT2D eigenvalue weighted by atomic mass is 9.87. The number of nitrogens with one attached hydrogen (secondary N) is 1. The summed E-state index contributed by atoms with van der Waals surface area (Å²) in [5.41, 5.74) is 6.89. The Balaban J connectivity index is 2.07. The van der Waals surface area contributed by atoms with E-state index in [0.29, 0.717) is 0 Å². The summed E-state index contributed by atoms with van der Waals surface area (Å²) in [6.45, 7) is 0. The highest BCUT2D eigenvalue weighted by molar-refractivity contribution is 6.31. The van der Waals surface area contributed by atoms with Crippen LogP contribution in [-0.2, 0) is 4.79 Å². The molecule has 0 aromatic heterocycles. The number of allylic oxidation sites excluding steroid dienone is 3. The van der Waals surface area contributed by atoms with E-state index in [2.05, 4.69) is 10.1 Å². The molecule has 0 fully saturated rings. The second-order valence-corrected chi connectivity index (χ2v) is 5.20. The van der Waals surface area contributed by atoms with Crippen LogP contribution >= 0.6 is 0 Å². The zero-order chi connectivity index (χ0) is 19.3. The number of alkyl halides is 3. The van der Waals surface area contributed by atoms with Crippen molar-refractivity contribution < 1.29 is 26.7 Å². The van der Waals surface area contributed by atoms with Crippen LogP contribution in [0.4, 0.5) is 27.6 Å². The van der Waals surface area contributed by atoms with Crippen LogP contribution in [0.3, 0.4) is 0 Å². The molecule has 2 atom stereocenters. The predicted octanol–water partition coefficient (Wildman–Crippen LogP) is 3.17. The maximum Gasteiger partial charge on any atom is 0.396 e. The molecule has 3 N–H and O–H groups in total. The predicted molar refractivity (Wildman–Crippen MR) is 86.4 cm³/mol. The smallest absolute Gasteiger partial charge is 0.382 e. The summed E-state index contributed by atoms with van der Waals surface area (Å²) >= 11 is 0. The number of rotatable bonds is 4. The number of amides is 1. The van der Waals surface area contributed by atoms with E-state index < -0.39 is 47.1 Å². The first-order valence-electron chi connectivity index (χ1n) is 7.23. The van der Waals surface area contributed by atoms with Crippen LogP contribution in [0.5, 0.6) is 0 Å². The number of para-hydroxylation sites is 1. The maximum absolute atomic E-state index is 13.4. The first-order valence-corrected chi connectivity index (χ1v) is 7.23. The minimum atomic E-state index is -4.62. The molecule has 1 aromatic rings. The number of hydrogen-bond acceptors (Lipinski definition) is 3. The van der Waals surface area contributed by atoms with Crippen LogP contribution in [-0.4, -0.2) is 24.1 Å². The van der Waals surface area contributed by atoms with Crippen molar-refractivity contribution in [1.29, 1.82) is 0 Å². The Kier molecular flexibility index (Phi) is 5.86. The van der Waals surface area contributed by atoms with Crippen LogP contribution in [0.15, 0.2) is 52.6 Å². The fourth-order valence-corrected chi connectivity index (χ4v) is 2.15. The molecule has 0 spiro atoms. The molecular formula is C16H13F5N4O. The van der Waals surface area contributed by atoms with Gasteiger partial charge >= 0.3 is 6.18 Å². The van der Waals surface area contributed by atoms with E-state index in [1.807, 2.05) is 5.43 Å². The summed E-state index contributed by atoms with van der Waals surface area (Å²) in [5.74, 6) is -7.04. The summed E-state index contributed by atoms with van der Waals surface area (Å²) in [6.07, 6.45) is 0.543. The van der Waals surface area contributed by atoms with Crippen LogP contribution in [0.2, 0.25) is 0 Å². The molecule has 138 valence electrons. The first-order chi connectivity index (χ1) is 12.2. The average Bonchev–Trinajstić information content (AvgIpc) is 2.56. The summed E-state index contributed by atoms with van der Waals surface area (Å²) in [7, 11) is 0. The quantitative estimate of drug-likeness (QED) is 0.369. The van der Waals surface area contributed by atoms with Gasteiger partial charge in [0.2, 0.25) is 0 Å². The zero-order valence-electron chi connectivity index (χ0n) is 13.0. The lowest BCUT2D eigenvalue weighted by Crippen LogP contribution is -2.33. The van der Waals surface area contributed by atoms with E-state index in [1.54, 1.807) is 0 Å². The zero-order valence-corrected chi connectivity index (χ0v) is 13.0. The number of aliphatic imine (C=N–C) groups is 1. The van der Waals surface area contributed by atoms with Gasteiger partial charge in [0.15, 0.2) is 11.6 Å². The van der Waals surface area contributed by atoms with Gasteiger partial charge < -0.3 is 5.73 Å². The van der Waals surface area contributed by atoms with E-state index in [4.69, 9.17) is 5.73 Å². The molecule has 2 unspecified atom stereocenters. The molecule has 0 bridgehead atoms. The van der Waals surface area contributed by atoms with Gasteiger partial charge in [-0.2, -0.15) is 23.3 Å².